The molecule has 0 atom stereocenters. The van der Waals surface area contributed by atoms with Gasteiger partial charge in [0.2, 0.25) is 0 Å². The van der Waals surface area contributed by atoms with Gasteiger partial charge in [-0.2, -0.15) is 0 Å². The molecule has 5 rings (SSSR count). The van der Waals surface area contributed by atoms with Gasteiger partial charge in [0.05, 0.1) is 5.52 Å². The molecule has 1 amide bonds. The van der Waals surface area contributed by atoms with Crippen LogP contribution in [0.4, 0.5) is 0 Å². The van der Waals surface area contributed by atoms with E-state index < -0.39 is 5.54 Å². The molecule has 34 heavy (non-hydrogen) atoms. The largest absolute Gasteiger partial charge is 0.369 e. The van der Waals surface area contributed by atoms with Crippen molar-refractivity contribution in [1.29, 1.82) is 0 Å². The van der Waals surface area contributed by atoms with Crippen molar-refractivity contribution in [3.05, 3.63) is 114 Å². The number of para-hydroxylation sites is 1. The fourth-order valence-corrected chi connectivity index (χ4v) is 4.70. The molecule has 0 spiro atoms. The van der Waals surface area contributed by atoms with Crippen LogP contribution in [0.25, 0.3) is 10.9 Å². The third-order valence-corrected chi connectivity index (χ3v) is 6.47. The number of hydrogen-bond donors (Lipinski definition) is 1. The maximum absolute atomic E-state index is 13.8. The van der Waals surface area contributed by atoms with E-state index in [9.17, 15) is 4.79 Å². The van der Waals surface area contributed by atoms with Gasteiger partial charge in [0, 0.05) is 17.6 Å². The minimum atomic E-state index is -1.12. The molecule has 0 saturated heterocycles. The lowest BCUT2D eigenvalue weighted by Gasteiger charge is -2.27. The summed E-state index contributed by atoms with van der Waals surface area (Å²) in [6.07, 6.45) is 3.76. The third-order valence-electron chi connectivity index (χ3n) is 6.47. The minimum Gasteiger partial charge on any atom is -0.369 e. The lowest BCUT2D eigenvalue weighted by atomic mass is 9.83. The van der Waals surface area contributed by atoms with E-state index >= 15 is 0 Å². The number of rotatable bonds is 8. The number of aromatic nitrogens is 1. The summed E-state index contributed by atoms with van der Waals surface area (Å²) in [7, 11) is 0. The quantitative estimate of drug-likeness (QED) is 0.384. The molecular weight excluding hydrogens is 420 g/mol. The molecular formula is C29H28N4O. The Labute approximate surface area is 200 Å². The summed E-state index contributed by atoms with van der Waals surface area (Å²) in [4.78, 5) is 24.9. The van der Waals surface area contributed by atoms with E-state index in [2.05, 4.69) is 18.2 Å². The topological polar surface area (TPSA) is 71.6 Å². The van der Waals surface area contributed by atoms with Gasteiger partial charge in [0.15, 0.2) is 11.5 Å². The lowest BCUT2D eigenvalue weighted by molar-refractivity contribution is -0.130. The first-order valence-electron chi connectivity index (χ1n) is 11.8. The second-order valence-electron chi connectivity index (χ2n) is 8.68. The zero-order valence-corrected chi connectivity index (χ0v) is 19.1. The van der Waals surface area contributed by atoms with Gasteiger partial charge >= 0.3 is 0 Å². The van der Waals surface area contributed by atoms with Crippen LogP contribution in [0, 0.1) is 0 Å². The van der Waals surface area contributed by atoms with Crippen LogP contribution in [-0.2, 0) is 16.8 Å². The highest BCUT2D eigenvalue weighted by atomic mass is 16.2. The summed E-state index contributed by atoms with van der Waals surface area (Å²) in [5.74, 6) is 0.201. The molecule has 0 radical (unpaired) electrons. The van der Waals surface area contributed by atoms with Gasteiger partial charge < -0.3 is 5.73 Å². The van der Waals surface area contributed by atoms with Crippen molar-refractivity contribution in [2.24, 2.45) is 10.7 Å². The number of aliphatic imine (C=N–C) groups is 1. The maximum Gasteiger partial charge on any atom is 0.266 e. The number of amides is 1. The molecule has 0 unspecified atom stereocenters. The highest BCUT2D eigenvalue weighted by Crippen LogP contribution is 2.39. The van der Waals surface area contributed by atoms with Crippen molar-refractivity contribution in [3.8, 4) is 0 Å². The molecule has 4 aromatic rings. The number of carbonyl (C=O) groups is 1. The number of hydrogen-bond acceptors (Lipinski definition) is 4. The normalized spacial score (nSPS) is 15.0. The Hall–Kier alpha value is -3.99. The summed E-state index contributed by atoms with van der Waals surface area (Å²) in [6.45, 7) is 0.556. The van der Waals surface area contributed by atoms with E-state index in [1.807, 2.05) is 78.9 Å². The van der Waals surface area contributed by atoms with E-state index in [4.69, 9.17) is 15.7 Å². The fourth-order valence-electron chi connectivity index (χ4n) is 4.70. The van der Waals surface area contributed by atoms with Crippen molar-refractivity contribution in [1.82, 2.24) is 9.88 Å². The van der Waals surface area contributed by atoms with Gasteiger partial charge in [-0.3, -0.25) is 14.7 Å². The molecule has 0 aliphatic carbocycles. The zero-order chi connectivity index (χ0) is 23.4. The van der Waals surface area contributed by atoms with Crippen molar-refractivity contribution < 1.29 is 4.79 Å². The Morgan fingerprint density at radius 1 is 0.735 bits per heavy atom. The van der Waals surface area contributed by atoms with Crippen LogP contribution in [0.1, 0.15) is 36.1 Å². The van der Waals surface area contributed by atoms with Crippen LogP contribution >= 0.6 is 0 Å². The van der Waals surface area contributed by atoms with E-state index in [0.29, 0.717) is 6.54 Å². The molecule has 1 aromatic heterocycles. The van der Waals surface area contributed by atoms with Gasteiger partial charge in [-0.1, -0.05) is 91.3 Å². The minimum absolute atomic E-state index is 0.0846. The highest BCUT2D eigenvalue weighted by molar-refractivity contribution is 6.09. The Morgan fingerprint density at radius 3 is 2.09 bits per heavy atom. The second kappa shape index (κ2) is 9.48. The molecule has 2 N–H and O–H groups in total. The average molecular weight is 449 g/mol. The summed E-state index contributed by atoms with van der Waals surface area (Å²) in [5, 5.41) is 1.16. The van der Waals surface area contributed by atoms with Crippen LogP contribution in [0.3, 0.4) is 0 Å². The van der Waals surface area contributed by atoms with Crippen molar-refractivity contribution in [2.45, 2.75) is 31.2 Å². The third kappa shape index (κ3) is 4.05. The monoisotopic (exact) mass is 448 g/mol. The Morgan fingerprint density at radius 2 is 1.38 bits per heavy atom. The SMILES string of the molecule is NC1=NC(c2ccccc2)(c2ccccc2)C(=O)N1CCCCCc1ccc2ccccc2n1. The number of nitrogens with zero attached hydrogens (tertiary/aromatic N) is 3. The van der Waals surface area contributed by atoms with Crippen LogP contribution in [0.15, 0.2) is 102 Å². The van der Waals surface area contributed by atoms with Crippen molar-refractivity contribution in [2.75, 3.05) is 6.54 Å². The standard InChI is InChI=1S/C29H28N4O/c30-28-32-29(23-13-4-1-5-14-23,24-15-6-2-7-16-24)27(34)33(28)21-11-3-8-17-25-20-19-22-12-9-10-18-26(22)31-25/h1-2,4-7,9-10,12-16,18-20H,3,8,11,17,21H2,(H2,30,32). The first-order valence-corrected chi connectivity index (χ1v) is 11.8. The van der Waals surface area contributed by atoms with E-state index in [-0.39, 0.29) is 11.9 Å². The molecule has 1 aliphatic heterocycles. The van der Waals surface area contributed by atoms with E-state index in [0.717, 1.165) is 53.4 Å². The predicted octanol–water partition coefficient (Wildman–Crippen LogP) is 5.05. The van der Waals surface area contributed by atoms with Gasteiger partial charge in [0.1, 0.15) is 0 Å². The number of fused-ring (bicyclic) bond motifs is 1. The number of guanidine groups is 1. The first-order chi connectivity index (χ1) is 16.7. The average Bonchev–Trinajstić information content (AvgIpc) is 3.15. The number of nitrogens with two attached hydrogens (primary N) is 1. The number of unbranched alkanes of at least 4 members (excludes halogenated alkanes) is 2. The molecule has 2 heterocycles. The summed E-state index contributed by atoms with van der Waals surface area (Å²) in [5.41, 5.74) is 9.00. The number of pyridine rings is 1. The summed E-state index contributed by atoms with van der Waals surface area (Å²) < 4.78 is 0. The molecule has 1 aliphatic rings. The fraction of sp³-hybridized carbons (Fsp3) is 0.207. The highest BCUT2D eigenvalue weighted by Gasteiger charge is 2.50. The van der Waals surface area contributed by atoms with Gasteiger partial charge in [-0.15, -0.1) is 0 Å². The molecule has 0 bridgehead atoms. The molecule has 5 nitrogen and oxygen atoms in total. The van der Waals surface area contributed by atoms with Crippen LogP contribution in [-0.4, -0.2) is 28.3 Å². The molecule has 0 fully saturated rings. The molecule has 170 valence electrons. The maximum atomic E-state index is 13.8. The summed E-state index contributed by atoms with van der Waals surface area (Å²) >= 11 is 0. The van der Waals surface area contributed by atoms with Crippen LogP contribution in [0.2, 0.25) is 0 Å². The Balaban J connectivity index is 1.25. The number of benzene rings is 3. The Kier molecular flexibility index (Phi) is 6.09. The predicted molar refractivity (Wildman–Crippen MR) is 136 cm³/mol. The smallest absolute Gasteiger partial charge is 0.266 e. The Bertz CT molecular complexity index is 1280. The van der Waals surface area contributed by atoms with E-state index in [1.165, 1.54) is 0 Å². The van der Waals surface area contributed by atoms with Gasteiger partial charge in [0.25, 0.3) is 5.91 Å². The zero-order valence-electron chi connectivity index (χ0n) is 19.1. The van der Waals surface area contributed by atoms with E-state index in [1.54, 1.807) is 4.90 Å². The molecule has 0 saturated carbocycles. The summed E-state index contributed by atoms with van der Waals surface area (Å²) in [6, 6.07) is 31.8. The van der Waals surface area contributed by atoms with Crippen LogP contribution in [0.5, 0.6) is 0 Å². The van der Waals surface area contributed by atoms with Gasteiger partial charge in [-0.05, 0) is 42.5 Å². The van der Waals surface area contributed by atoms with Gasteiger partial charge in [-0.25, -0.2) is 4.99 Å². The molecule has 3 aromatic carbocycles. The number of aryl methyl sites for hydroxylation is 1. The molecule has 5 heteroatoms. The van der Waals surface area contributed by atoms with Crippen LogP contribution < -0.4 is 5.73 Å². The first kappa shape index (κ1) is 21.8. The van der Waals surface area contributed by atoms with Crippen molar-refractivity contribution in [3.63, 3.8) is 0 Å². The number of carbonyl (C=O) groups excluding carboxylic acids is 1. The van der Waals surface area contributed by atoms with Crippen molar-refractivity contribution >= 4 is 22.8 Å². The second-order valence-corrected chi connectivity index (χ2v) is 8.68. The lowest BCUT2D eigenvalue weighted by Crippen LogP contribution is -2.44.